The maximum atomic E-state index is 13.1. The summed E-state index contributed by atoms with van der Waals surface area (Å²) in [5.41, 5.74) is 0.522. The van der Waals surface area contributed by atoms with Crippen LogP contribution in [0.3, 0.4) is 0 Å². The van der Waals surface area contributed by atoms with Crippen LogP contribution in [-0.2, 0) is 9.59 Å². The van der Waals surface area contributed by atoms with E-state index in [0.717, 1.165) is 0 Å². The van der Waals surface area contributed by atoms with Crippen LogP contribution in [0.2, 0.25) is 5.02 Å². The topological polar surface area (TPSA) is 49.4 Å². The standard InChI is InChI=1S/C14H16ClFN2O2/c1-3-8(2)18-13(19)7-12(14(18)20)17-9-4-5-11(16)10(15)6-9/h4-6,8,12,17H,3,7H2,1-2H3. The second-order valence-corrected chi connectivity index (χ2v) is 5.30. The SMILES string of the molecule is CCC(C)N1C(=O)CC(Nc2ccc(F)c(Cl)c2)C1=O. The van der Waals surface area contributed by atoms with Crippen LogP contribution in [0.1, 0.15) is 26.7 Å². The van der Waals surface area contributed by atoms with Crippen LogP contribution in [0.25, 0.3) is 0 Å². The van der Waals surface area contributed by atoms with Gasteiger partial charge in [0, 0.05) is 11.7 Å². The van der Waals surface area contributed by atoms with Gasteiger partial charge in [0.05, 0.1) is 11.4 Å². The van der Waals surface area contributed by atoms with E-state index in [-0.39, 0.29) is 29.3 Å². The van der Waals surface area contributed by atoms with Crippen molar-refractivity contribution >= 4 is 29.1 Å². The summed E-state index contributed by atoms with van der Waals surface area (Å²) >= 11 is 5.69. The number of likely N-dealkylation sites (tertiary alicyclic amines) is 1. The maximum Gasteiger partial charge on any atom is 0.252 e. The molecule has 2 amide bonds. The number of nitrogens with one attached hydrogen (secondary N) is 1. The summed E-state index contributed by atoms with van der Waals surface area (Å²) in [6.07, 6.45) is 0.824. The fourth-order valence-electron chi connectivity index (χ4n) is 2.20. The van der Waals surface area contributed by atoms with Crippen LogP contribution in [-0.4, -0.2) is 28.8 Å². The third-order valence-electron chi connectivity index (χ3n) is 3.48. The van der Waals surface area contributed by atoms with Crippen molar-refractivity contribution in [2.24, 2.45) is 0 Å². The molecule has 0 bridgehead atoms. The molecule has 2 unspecified atom stereocenters. The summed E-state index contributed by atoms with van der Waals surface area (Å²) in [4.78, 5) is 25.4. The molecule has 1 aromatic carbocycles. The van der Waals surface area contributed by atoms with Gasteiger partial charge in [-0.1, -0.05) is 18.5 Å². The van der Waals surface area contributed by atoms with Crippen molar-refractivity contribution in [3.05, 3.63) is 29.0 Å². The van der Waals surface area contributed by atoms with Crippen molar-refractivity contribution in [2.75, 3.05) is 5.32 Å². The molecule has 2 rings (SSSR count). The van der Waals surface area contributed by atoms with Crippen LogP contribution >= 0.6 is 11.6 Å². The lowest BCUT2D eigenvalue weighted by Gasteiger charge is -2.21. The molecule has 1 heterocycles. The Balaban J connectivity index is 2.13. The van der Waals surface area contributed by atoms with Crippen molar-refractivity contribution < 1.29 is 14.0 Å². The third-order valence-corrected chi connectivity index (χ3v) is 3.76. The van der Waals surface area contributed by atoms with E-state index < -0.39 is 11.9 Å². The summed E-state index contributed by atoms with van der Waals surface area (Å²) < 4.78 is 13.1. The summed E-state index contributed by atoms with van der Waals surface area (Å²) in [6, 6.07) is 3.39. The first-order chi connectivity index (χ1) is 9.43. The molecule has 4 nitrogen and oxygen atoms in total. The van der Waals surface area contributed by atoms with Gasteiger partial charge in [-0.05, 0) is 31.5 Å². The van der Waals surface area contributed by atoms with Gasteiger partial charge < -0.3 is 5.32 Å². The summed E-state index contributed by atoms with van der Waals surface area (Å²) in [5.74, 6) is -0.952. The molecule has 0 aliphatic carbocycles. The largest absolute Gasteiger partial charge is 0.373 e. The molecule has 0 saturated carbocycles. The Kier molecular flexibility index (Phi) is 4.28. The highest BCUT2D eigenvalue weighted by molar-refractivity contribution is 6.31. The Morgan fingerprint density at radius 1 is 1.50 bits per heavy atom. The van der Waals surface area contributed by atoms with Crippen LogP contribution in [0.15, 0.2) is 18.2 Å². The monoisotopic (exact) mass is 298 g/mol. The van der Waals surface area contributed by atoms with Gasteiger partial charge in [-0.2, -0.15) is 0 Å². The summed E-state index contributed by atoms with van der Waals surface area (Å²) in [7, 11) is 0. The summed E-state index contributed by atoms with van der Waals surface area (Å²) in [6.45, 7) is 3.76. The van der Waals surface area contributed by atoms with Gasteiger partial charge in [-0.15, -0.1) is 0 Å². The number of halogens is 2. The maximum absolute atomic E-state index is 13.1. The average molecular weight is 299 g/mol. The van der Waals surface area contributed by atoms with Crippen molar-refractivity contribution in [1.29, 1.82) is 0 Å². The van der Waals surface area contributed by atoms with Crippen LogP contribution in [0.4, 0.5) is 10.1 Å². The highest BCUT2D eigenvalue weighted by atomic mass is 35.5. The van der Waals surface area contributed by atoms with Gasteiger partial charge in [0.15, 0.2) is 0 Å². The number of nitrogens with zero attached hydrogens (tertiary/aromatic N) is 1. The lowest BCUT2D eigenvalue weighted by atomic mass is 10.2. The summed E-state index contributed by atoms with van der Waals surface area (Å²) in [5, 5.41) is 2.91. The molecule has 0 spiro atoms. The molecule has 1 saturated heterocycles. The Bertz CT molecular complexity index is 550. The molecule has 20 heavy (non-hydrogen) atoms. The molecule has 0 radical (unpaired) electrons. The molecule has 1 aliphatic heterocycles. The quantitative estimate of drug-likeness (QED) is 0.870. The Hall–Kier alpha value is -1.62. The van der Waals surface area contributed by atoms with E-state index in [1.807, 2.05) is 13.8 Å². The zero-order valence-corrected chi connectivity index (χ0v) is 12.1. The lowest BCUT2D eigenvalue weighted by Crippen LogP contribution is -2.40. The van der Waals surface area contributed by atoms with Gasteiger partial charge in [0.1, 0.15) is 11.9 Å². The minimum atomic E-state index is -0.613. The van der Waals surface area contributed by atoms with Crippen LogP contribution in [0, 0.1) is 5.82 Å². The van der Waals surface area contributed by atoms with Gasteiger partial charge in [-0.3, -0.25) is 14.5 Å². The first-order valence-electron chi connectivity index (χ1n) is 6.51. The molecular weight excluding hydrogens is 283 g/mol. The number of carbonyl (C=O) groups is 2. The first kappa shape index (κ1) is 14.8. The minimum Gasteiger partial charge on any atom is -0.373 e. The van der Waals surface area contributed by atoms with E-state index in [4.69, 9.17) is 11.6 Å². The number of hydrogen-bond donors (Lipinski definition) is 1. The van der Waals surface area contributed by atoms with Crippen LogP contribution < -0.4 is 5.32 Å². The number of imide groups is 1. The first-order valence-corrected chi connectivity index (χ1v) is 6.89. The number of rotatable bonds is 4. The molecule has 0 aromatic heterocycles. The van der Waals surface area contributed by atoms with Gasteiger partial charge >= 0.3 is 0 Å². The second kappa shape index (κ2) is 5.79. The lowest BCUT2D eigenvalue weighted by molar-refractivity contribution is -0.140. The van der Waals surface area contributed by atoms with Crippen molar-refractivity contribution in [3.63, 3.8) is 0 Å². The van der Waals surface area contributed by atoms with Crippen molar-refractivity contribution in [2.45, 2.75) is 38.8 Å². The average Bonchev–Trinajstić information content (AvgIpc) is 2.68. The Morgan fingerprint density at radius 2 is 2.20 bits per heavy atom. The fraction of sp³-hybridized carbons (Fsp3) is 0.429. The molecule has 108 valence electrons. The minimum absolute atomic E-state index is 0.0226. The third kappa shape index (κ3) is 2.77. The molecule has 2 atom stereocenters. The van der Waals surface area contributed by atoms with Gasteiger partial charge in [-0.25, -0.2) is 4.39 Å². The van der Waals surface area contributed by atoms with E-state index in [1.54, 1.807) is 0 Å². The number of carbonyl (C=O) groups excluding carboxylic acids is 2. The highest BCUT2D eigenvalue weighted by Crippen LogP contribution is 2.24. The van der Waals surface area contributed by atoms with Crippen molar-refractivity contribution in [1.82, 2.24) is 4.90 Å². The molecule has 1 aliphatic rings. The van der Waals surface area contributed by atoms with Gasteiger partial charge in [0.2, 0.25) is 5.91 Å². The normalized spacial score (nSPS) is 20.4. The predicted octanol–water partition coefficient (Wildman–Crippen LogP) is 2.82. The number of benzene rings is 1. The van der Waals surface area contributed by atoms with Crippen molar-refractivity contribution in [3.8, 4) is 0 Å². The van der Waals surface area contributed by atoms with Crippen LogP contribution in [0.5, 0.6) is 0 Å². The predicted molar refractivity (Wildman–Crippen MR) is 75.0 cm³/mol. The molecule has 6 heteroatoms. The molecule has 1 aromatic rings. The van der Waals surface area contributed by atoms with Gasteiger partial charge in [0.25, 0.3) is 5.91 Å². The van der Waals surface area contributed by atoms with E-state index in [9.17, 15) is 14.0 Å². The van der Waals surface area contributed by atoms with E-state index >= 15 is 0 Å². The molecule has 1 N–H and O–H groups in total. The fourth-order valence-corrected chi connectivity index (χ4v) is 2.38. The Labute approximate surface area is 121 Å². The molecular formula is C14H16ClFN2O2. The Morgan fingerprint density at radius 3 is 2.80 bits per heavy atom. The van der Waals surface area contributed by atoms with E-state index in [1.165, 1.54) is 23.1 Å². The second-order valence-electron chi connectivity index (χ2n) is 4.89. The number of anilines is 1. The molecule has 1 fully saturated rings. The zero-order valence-electron chi connectivity index (χ0n) is 11.3. The zero-order chi connectivity index (χ0) is 14.9. The van der Waals surface area contributed by atoms with E-state index in [0.29, 0.717) is 12.1 Å². The smallest absolute Gasteiger partial charge is 0.252 e. The van der Waals surface area contributed by atoms with E-state index in [2.05, 4.69) is 5.32 Å². The number of hydrogen-bond acceptors (Lipinski definition) is 3. The highest BCUT2D eigenvalue weighted by Gasteiger charge is 2.40. The number of amides is 2.